The number of amides is 1. The Bertz CT molecular complexity index is 1220. The third-order valence-electron chi connectivity index (χ3n) is 5.30. The van der Waals surface area contributed by atoms with Crippen molar-refractivity contribution in [3.63, 3.8) is 0 Å². The summed E-state index contributed by atoms with van der Waals surface area (Å²) < 4.78 is 39.1. The number of carbonyl (C=O) groups excluding carboxylic acids is 1. The summed E-state index contributed by atoms with van der Waals surface area (Å²) in [7, 11) is -4.09. The van der Waals surface area contributed by atoms with Gasteiger partial charge in [0.1, 0.15) is 11.5 Å². The molecule has 0 spiro atoms. The van der Waals surface area contributed by atoms with Gasteiger partial charge in [-0.2, -0.15) is 0 Å². The van der Waals surface area contributed by atoms with E-state index in [0.717, 1.165) is 26.7 Å². The maximum Gasteiger partial charge on any atom is 0.270 e. The maximum absolute atomic E-state index is 13.5. The molecule has 1 amide bonds. The topological polar surface area (TPSA) is 72.9 Å². The van der Waals surface area contributed by atoms with Crippen LogP contribution in [-0.4, -0.2) is 27.5 Å². The summed E-state index contributed by atoms with van der Waals surface area (Å²) in [6.45, 7) is 8.48. The molecule has 0 aromatic heterocycles. The van der Waals surface area contributed by atoms with Crippen molar-refractivity contribution in [3.8, 4) is 11.5 Å². The van der Waals surface area contributed by atoms with Crippen molar-refractivity contribution in [1.29, 1.82) is 0 Å². The van der Waals surface area contributed by atoms with E-state index in [-0.39, 0.29) is 17.0 Å². The predicted molar refractivity (Wildman–Crippen MR) is 134 cm³/mol. The van der Waals surface area contributed by atoms with Crippen LogP contribution in [0.4, 0.5) is 5.69 Å². The fourth-order valence-electron chi connectivity index (χ4n) is 3.45. The number of carbonyl (C=O) groups is 1. The van der Waals surface area contributed by atoms with Crippen LogP contribution in [0.25, 0.3) is 0 Å². The average Bonchev–Trinajstić information content (AvgIpc) is 2.80. The first-order chi connectivity index (χ1) is 16.2. The molecule has 0 atom stereocenters. The number of ether oxygens (including phenoxy) is 2. The molecule has 0 heterocycles. The Morgan fingerprint density at radius 2 is 1.50 bits per heavy atom. The van der Waals surface area contributed by atoms with Crippen LogP contribution in [0.1, 0.15) is 36.5 Å². The summed E-state index contributed by atoms with van der Waals surface area (Å²) in [5, 5.41) is 0. The van der Waals surface area contributed by atoms with E-state index in [0.29, 0.717) is 25.4 Å². The van der Waals surface area contributed by atoms with Gasteiger partial charge in [0, 0.05) is 6.42 Å². The van der Waals surface area contributed by atoms with Gasteiger partial charge in [-0.1, -0.05) is 29.8 Å². The van der Waals surface area contributed by atoms with Crippen LogP contribution in [0, 0.1) is 20.8 Å². The molecule has 6 nitrogen and oxygen atoms in total. The third kappa shape index (κ3) is 6.17. The van der Waals surface area contributed by atoms with Crippen molar-refractivity contribution in [2.24, 2.45) is 0 Å². The quantitative estimate of drug-likeness (QED) is 0.353. The lowest BCUT2D eigenvalue weighted by atomic mass is 10.1. The minimum atomic E-state index is -4.09. The molecule has 0 radical (unpaired) electrons. The average molecular weight is 482 g/mol. The summed E-state index contributed by atoms with van der Waals surface area (Å²) in [4.78, 5) is 13.3. The van der Waals surface area contributed by atoms with E-state index in [1.54, 1.807) is 36.4 Å². The van der Waals surface area contributed by atoms with Crippen molar-refractivity contribution < 1.29 is 22.7 Å². The molecule has 180 valence electrons. The van der Waals surface area contributed by atoms with Gasteiger partial charge in [0.25, 0.3) is 10.0 Å². The summed E-state index contributed by atoms with van der Waals surface area (Å²) in [6, 6.07) is 18.9. The predicted octanol–water partition coefficient (Wildman–Crippen LogP) is 5.59. The first-order valence-electron chi connectivity index (χ1n) is 11.3. The molecule has 3 aromatic carbocycles. The molecular formula is C27H31NO5S. The van der Waals surface area contributed by atoms with Crippen molar-refractivity contribution in [1.82, 2.24) is 0 Å². The molecule has 34 heavy (non-hydrogen) atoms. The molecule has 0 aliphatic rings. The number of hydrogen-bond acceptors (Lipinski definition) is 5. The number of hydrogen-bond donors (Lipinski definition) is 0. The highest BCUT2D eigenvalue weighted by molar-refractivity contribution is 7.93. The largest absolute Gasteiger partial charge is 0.494 e. The molecule has 0 saturated heterocycles. The lowest BCUT2D eigenvalue weighted by Gasteiger charge is -2.23. The van der Waals surface area contributed by atoms with E-state index in [2.05, 4.69) is 0 Å². The van der Waals surface area contributed by atoms with E-state index in [1.165, 1.54) is 12.1 Å². The lowest BCUT2D eigenvalue weighted by Crippen LogP contribution is -2.37. The lowest BCUT2D eigenvalue weighted by molar-refractivity contribution is -0.117. The second kappa shape index (κ2) is 11.2. The highest BCUT2D eigenvalue weighted by Gasteiger charge is 2.30. The van der Waals surface area contributed by atoms with E-state index in [9.17, 15) is 13.2 Å². The van der Waals surface area contributed by atoms with Crippen LogP contribution in [-0.2, 0) is 14.8 Å². The molecule has 3 aromatic rings. The molecule has 0 aliphatic carbocycles. The summed E-state index contributed by atoms with van der Waals surface area (Å²) in [5.41, 5.74) is 3.29. The molecular weight excluding hydrogens is 450 g/mol. The number of nitrogens with zero attached hydrogens (tertiary/aromatic N) is 1. The minimum absolute atomic E-state index is 0.0170. The Hall–Kier alpha value is -3.32. The molecule has 7 heteroatoms. The molecule has 3 rings (SSSR count). The van der Waals surface area contributed by atoms with Crippen LogP contribution in [0.15, 0.2) is 71.6 Å². The zero-order chi connectivity index (χ0) is 24.7. The van der Waals surface area contributed by atoms with Crippen LogP contribution in [0.2, 0.25) is 0 Å². The van der Waals surface area contributed by atoms with Gasteiger partial charge in [0.05, 0.1) is 23.8 Å². The Kier molecular flexibility index (Phi) is 8.34. The number of rotatable bonds is 10. The molecule has 0 saturated carbocycles. The van der Waals surface area contributed by atoms with Gasteiger partial charge in [-0.05, 0) is 87.7 Å². The van der Waals surface area contributed by atoms with Crippen LogP contribution in [0.3, 0.4) is 0 Å². The van der Waals surface area contributed by atoms with Crippen molar-refractivity contribution in [2.75, 3.05) is 17.5 Å². The zero-order valence-corrected chi connectivity index (χ0v) is 20.9. The Labute approximate surface area is 202 Å². The Morgan fingerprint density at radius 1 is 0.853 bits per heavy atom. The number of anilines is 1. The fourth-order valence-corrected chi connectivity index (χ4v) is 4.90. The maximum atomic E-state index is 13.5. The smallest absolute Gasteiger partial charge is 0.270 e. The van der Waals surface area contributed by atoms with Gasteiger partial charge < -0.3 is 9.47 Å². The van der Waals surface area contributed by atoms with Gasteiger partial charge in [0.2, 0.25) is 5.91 Å². The molecule has 0 unspecified atom stereocenters. The summed E-state index contributed by atoms with van der Waals surface area (Å²) in [6.07, 6.45) is 0.395. The van der Waals surface area contributed by atoms with E-state index < -0.39 is 15.9 Å². The van der Waals surface area contributed by atoms with Crippen LogP contribution < -0.4 is 13.8 Å². The number of aryl methyl sites for hydroxylation is 3. The first kappa shape index (κ1) is 25.3. The normalized spacial score (nSPS) is 11.2. The van der Waals surface area contributed by atoms with Crippen molar-refractivity contribution >= 4 is 21.6 Å². The minimum Gasteiger partial charge on any atom is -0.494 e. The Morgan fingerprint density at radius 3 is 2.15 bits per heavy atom. The van der Waals surface area contributed by atoms with E-state index in [1.807, 2.05) is 45.9 Å². The SMILES string of the molecule is CCOc1ccc(N(C(=O)CCCOc2cc(C)ccc2C)S(=O)(=O)c2ccc(C)cc2)cc1. The Balaban J connectivity index is 1.80. The van der Waals surface area contributed by atoms with Gasteiger partial charge in [-0.3, -0.25) is 4.79 Å². The highest BCUT2D eigenvalue weighted by Crippen LogP contribution is 2.27. The van der Waals surface area contributed by atoms with Gasteiger partial charge in [-0.25, -0.2) is 12.7 Å². The zero-order valence-electron chi connectivity index (χ0n) is 20.1. The van der Waals surface area contributed by atoms with Crippen LogP contribution >= 0.6 is 0 Å². The number of sulfonamides is 1. The fraction of sp³-hybridized carbons (Fsp3) is 0.296. The second-order valence-electron chi connectivity index (χ2n) is 8.12. The van der Waals surface area contributed by atoms with Gasteiger partial charge in [0.15, 0.2) is 0 Å². The van der Waals surface area contributed by atoms with Crippen molar-refractivity contribution in [2.45, 2.75) is 45.4 Å². The van der Waals surface area contributed by atoms with Crippen LogP contribution in [0.5, 0.6) is 11.5 Å². The third-order valence-corrected chi connectivity index (χ3v) is 7.07. The summed E-state index contributed by atoms with van der Waals surface area (Å²) >= 11 is 0. The monoisotopic (exact) mass is 481 g/mol. The van der Waals surface area contributed by atoms with E-state index in [4.69, 9.17) is 9.47 Å². The standard InChI is InChI=1S/C27H31NO5S/c1-5-32-24-14-12-23(13-15-24)28(34(30,31)25-16-9-20(2)10-17-25)27(29)7-6-18-33-26-19-21(3)8-11-22(26)4/h8-17,19H,5-7,18H2,1-4H3. The molecule has 0 bridgehead atoms. The highest BCUT2D eigenvalue weighted by atomic mass is 32.2. The van der Waals surface area contributed by atoms with Gasteiger partial charge in [-0.15, -0.1) is 0 Å². The molecule has 0 N–H and O–H groups in total. The second-order valence-corrected chi connectivity index (χ2v) is 9.91. The molecule has 0 fully saturated rings. The molecule has 0 aliphatic heterocycles. The van der Waals surface area contributed by atoms with Crippen molar-refractivity contribution in [3.05, 3.63) is 83.4 Å². The van der Waals surface area contributed by atoms with Gasteiger partial charge >= 0.3 is 0 Å². The summed E-state index contributed by atoms with van der Waals surface area (Å²) in [5.74, 6) is 0.853. The first-order valence-corrected chi connectivity index (χ1v) is 12.7. The van der Waals surface area contributed by atoms with E-state index >= 15 is 0 Å². The number of benzene rings is 3.